The van der Waals surface area contributed by atoms with Crippen LogP contribution in [0.3, 0.4) is 0 Å². The number of ether oxygens (including phenoxy) is 2. The van der Waals surface area contributed by atoms with Crippen LogP contribution in [0.2, 0.25) is 0 Å². The Morgan fingerprint density at radius 3 is 2.81 bits per heavy atom. The highest BCUT2D eigenvalue weighted by atomic mass is 16.5. The molecule has 0 aromatic heterocycles. The number of nitrogens with one attached hydrogen (secondary N) is 1. The minimum absolute atomic E-state index is 0.0947. The molecule has 1 aromatic rings. The SMILES string of the molecule is CCOC(=O)[C@H](c1cccc(OC)c1)[C@@H](C)NCCCO. The summed E-state index contributed by atoms with van der Waals surface area (Å²) >= 11 is 0. The second kappa shape index (κ2) is 9.37. The minimum Gasteiger partial charge on any atom is -0.497 e. The third-order valence-corrected chi connectivity index (χ3v) is 3.29. The van der Waals surface area contributed by atoms with Gasteiger partial charge in [-0.2, -0.15) is 0 Å². The van der Waals surface area contributed by atoms with E-state index in [1.807, 2.05) is 31.2 Å². The van der Waals surface area contributed by atoms with Crippen LogP contribution in [0.15, 0.2) is 24.3 Å². The first-order chi connectivity index (χ1) is 10.1. The van der Waals surface area contributed by atoms with Gasteiger partial charge in [0.1, 0.15) is 5.75 Å². The van der Waals surface area contributed by atoms with Crippen molar-refractivity contribution in [3.05, 3.63) is 29.8 Å². The zero-order valence-corrected chi connectivity index (χ0v) is 13.0. The molecule has 1 aromatic carbocycles. The van der Waals surface area contributed by atoms with Gasteiger partial charge in [0.2, 0.25) is 0 Å². The van der Waals surface area contributed by atoms with Crippen LogP contribution >= 0.6 is 0 Å². The first kappa shape index (κ1) is 17.5. The summed E-state index contributed by atoms with van der Waals surface area (Å²) in [4.78, 5) is 12.3. The van der Waals surface area contributed by atoms with Crippen molar-refractivity contribution in [1.82, 2.24) is 5.32 Å². The number of aliphatic hydroxyl groups is 1. The summed E-state index contributed by atoms with van der Waals surface area (Å²) in [7, 11) is 1.60. The van der Waals surface area contributed by atoms with Crippen LogP contribution in [0.25, 0.3) is 0 Å². The molecule has 0 bridgehead atoms. The number of methoxy groups -OCH3 is 1. The van der Waals surface area contributed by atoms with Gasteiger partial charge in [-0.1, -0.05) is 12.1 Å². The maximum atomic E-state index is 12.3. The molecule has 0 heterocycles. The highest BCUT2D eigenvalue weighted by Gasteiger charge is 2.28. The summed E-state index contributed by atoms with van der Waals surface area (Å²) < 4.78 is 10.4. The fraction of sp³-hybridized carbons (Fsp3) is 0.562. The fourth-order valence-electron chi connectivity index (χ4n) is 2.22. The molecule has 1 rings (SSSR count). The largest absolute Gasteiger partial charge is 0.497 e. The third-order valence-electron chi connectivity index (χ3n) is 3.29. The maximum Gasteiger partial charge on any atom is 0.314 e. The van der Waals surface area contributed by atoms with Crippen molar-refractivity contribution in [2.45, 2.75) is 32.2 Å². The summed E-state index contributed by atoms with van der Waals surface area (Å²) in [6.07, 6.45) is 0.651. The molecule has 2 N–H and O–H groups in total. The molecule has 21 heavy (non-hydrogen) atoms. The van der Waals surface area contributed by atoms with E-state index >= 15 is 0 Å². The van der Waals surface area contributed by atoms with Crippen molar-refractivity contribution in [1.29, 1.82) is 0 Å². The van der Waals surface area contributed by atoms with Crippen molar-refractivity contribution >= 4 is 5.97 Å². The Hall–Kier alpha value is -1.59. The molecule has 0 unspecified atom stereocenters. The lowest BCUT2D eigenvalue weighted by Crippen LogP contribution is -2.38. The van der Waals surface area contributed by atoms with Crippen molar-refractivity contribution < 1.29 is 19.4 Å². The van der Waals surface area contributed by atoms with Gasteiger partial charge in [-0.15, -0.1) is 0 Å². The van der Waals surface area contributed by atoms with E-state index in [0.717, 1.165) is 5.56 Å². The Labute approximate surface area is 126 Å². The predicted molar refractivity (Wildman–Crippen MR) is 81.5 cm³/mol. The maximum absolute atomic E-state index is 12.3. The molecule has 0 aliphatic rings. The molecule has 0 saturated heterocycles. The zero-order chi connectivity index (χ0) is 15.7. The van der Waals surface area contributed by atoms with E-state index in [1.165, 1.54) is 0 Å². The van der Waals surface area contributed by atoms with Gasteiger partial charge >= 0.3 is 5.97 Å². The minimum atomic E-state index is -0.404. The number of hydrogen-bond acceptors (Lipinski definition) is 5. The van der Waals surface area contributed by atoms with Crippen LogP contribution in [0.5, 0.6) is 5.75 Å². The molecule has 0 aliphatic carbocycles. The summed E-state index contributed by atoms with van der Waals surface area (Å²) in [6.45, 7) is 4.87. The van der Waals surface area contributed by atoms with E-state index < -0.39 is 5.92 Å². The van der Waals surface area contributed by atoms with Crippen LogP contribution in [0.1, 0.15) is 31.7 Å². The molecule has 5 nitrogen and oxygen atoms in total. The molecular formula is C16H25NO4. The number of hydrogen-bond donors (Lipinski definition) is 2. The molecule has 0 saturated carbocycles. The summed E-state index contributed by atoms with van der Waals surface area (Å²) in [6, 6.07) is 7.36. The lowest BCUT2D eigenvalue weighted by Gasteiger charge is -2.24. The molecule has 0 radical (unpaired) electrons. The predicted octanol–water partition coefficient (Wildman–Crippen LogP) is 1.70. The monoisotopic (exact) mass is 295 g/mol. The number of esters is 1. The Kier molecular flexibility index (Phi) is 7.79. The van der Waals surface area contributed by atoms with Crippen molar-refractivity contribution in [2.24, 2.45) is 0 Å². The van der Waals surface area contributed by atoms with Gasteiger partial charge in [0, 0.05) is 12.6 Å². The first-order valence-electron chi connectivity index (χ1n) is 7.28. The van der Waals surface area contributed by atoms with Crippen molar-refractivity contribution in [3.63, 3.8) is 0 Å². The van der Waals surface area contributed by atoms with E-state index in [-0.39, 0.29) is 18.6 Å². The van der Waals surface area contributed by atoms with Crippen LogP contribution < -0.4 is 10.1 Å². The van der Waals surface area contributed by atoms with Gasteiger partial charge in [0.25, 0.3) is 0 Å². The summed E-state index contributed by atoms with van der Waals surface area (Å²) in [5, 5.41) is 12.1. The van der Waals surface area contributed by atoms with E-state index in [0.29, 0.717) is 25.3 Å². The van der Waals surface area contributed by atoms with Gasteiger partial charge in [-0.3, -0.25) is 4.79 Å². The molecule has 118 valence electrons. The quantitative estimate of drug-likeness (QED) is 0.536. The lowest BCUT2D eigenvalue weighted by molar-refractivity contribution is -0.145. The molecule has 0 amide bonds. The average Bonchev–Trinajstić information content (AvgIpc) is 2.48. The van der Waals surface area contributed by atoms with E-state index in [1.54, 1.807) is 14.0 Å². The highest BCUT2D eigenvalue weighted by Crippen LogP contribution is 2.25. The first-order valence-corrected chi connectivity index (χ1v) is 7.28. The molecule has 0 aliphatic heterocycles. The zero-order valence-electron chi connectivity index (χ0n) is 13.0. The number of carbonyl (C=O) groups is 1. The Morgan fingerprint density at radius 1 is 1.43 bits per heavy atom. The van der Waals surface area contributed by atoms with E-state index in [4.69, 9.17) is 14.6 Å². The Morgan fingerprint density at radius 2 is 2.19 bits per heavy atom. The summed E-state index contributed by atoms with van der Waals surface area (Å²) in [5.74, 6) is 0.0536. The van der Waals surface area contributed by atoms with E-state index in [2.05, 4.69) is 5.32 Å². The standard InChI is InChI=1S/C16H25NO4/c1-4-21-16(19)15(12(2)17-9-6-10-18)13-7-5-8-14(11-13)20-3/h5,7-8,11-12,15,17-18H,4,6,9-10H2,1-3H3/t12-,15+/m1/s1. The molecule has 0 spiro atoms. The van der Waals surface area contributed by atoms with Crippen molar-refractivity contribution in [3.8, 4) is 5.75 Å². The summed E-state index contributed by atoms with van der Waals surface area (Å²) in [5.41, 5.74) is 0.858. The van der Waals surface area contributed by atoms with Crippen LogP contribution in [-0.4, -0.2) is 44.0 Å². The van der Waals surface area contributed by atoms with Gasteiger partial charge in [-0.25, -0.2) is 0 Å². The molecule has 5 heteroatoms. The number of aliphatic hydroxyl groups excluding tert-OH is 1. The van der Waals surface area contributed by atoms with Crippen LogP contribution in [0, 0.1) is 0 Å². The average molecular weight is 295 g/mol. The van der Waals surface area contributed by atoms with Gasteiger partial charge in [0.15, 0.2) is 0 Å². The number of benzene rings is 1. The second-order valence-electron chi connectivity index (χ2n) is 4.83. The Bertz CT molecular complexity index is 436. The van der Waals surface area contributed by atoms with Gasteiger partial charge in [0.05, 0.1) is 19.6 Å². The topological polar surface area (TPSA) is 67.8 Å². The van der Waals surface area contributed by atoms with Crippen molar-refractivity contribution in [2.75, 3.05) is 26.9 Å². The number of carbonyl (C=O) groups excluding carboxylic acids is 1. The fourth-order valence-corrected chi connectivity index (χ4v) is 2.22. The molecular weight excluding hydrogens is 270 g/mol. The third kappa shape index (κ3) is 5.36. The van der Waals surface area contributed by atoms with Crippen LogP contribution in [-0.2, 0) is 9.53 Å². The second-order valence-corrected chi connectivity index (χ2v) is 4.83. The number of rotatable bonds is 9. The lowest BCUT2D eigenvalue weighted by atomic mass is 9.92. The smallest absolute Gasteiger partial charge is 0.314 e. The Balaban J connectivity index is 2.92. The normalized spacial score (nSPS) is 13.5. The van der Waals surface area contributed by atoms with Gasteiger partial charge in [-0.05, 0) is 44.5 Å². The van der Waals surface area contributed by atoms with Gasteiger partial charge < -0.3 is 19.9 Å². The molecule has 0 fully saturated rings. The van der Waals surface area contributed by atoms with Crippen LogP contribution in [0.4, 0.5) is 0 Å². The van der Waals surface area contributed by atoms with E-state index in [9.17, 15) is 4.79 Å². The highest BCUT2D eigenvalue weighted by molar-refractivity contribution is 5.79. The molecule has 2 atom stereocenters.